The van der Waals surface area contributed by atoms with E-state index in [4.69, 9.17) is 4.98 Å². The van der Waals surface area contributed by atoms with Gasteiger partial charge in [0.05, 0.1) is 5.70 Å². The Bertz CT molecular complexity index is 2480. The first kappa shape index (κ1) is 27.5. The molecule has 0 N–H and O–H groups in total. The number of aromatic nitrogens is 3. The molecule has 0 amide bonds. The van der Waals surface area contributed by atoms with E-state index in [1.54, 1.807) is 0 Å². The fraction of sp³-hybridized carbons (Fsp3) is 0.0513. The monoisotopic (exact) mass is 758 g/mol. The summed E-state index contributed by atoms with van der Waals surface area (Å²) in [6.45, 7) is 2.06. The van der Waals surface area contributed by atoms with Crippen LogP contribution in [-0.2, 0) is 27.2 Å². The number of hydrogen-bond acceptors (Lipinski definition) is 3. The number of pyridine rings is 2. The van der Waals surface area contributed by atoms with E-state index in [0.717, 1.165) is 16.6 Å². The average molecular weight is 758 g/mol. The van der Waals surface area contributed by atoms with Crippen LogP contribution in [0.5, 0.6) is 0 Å². The van der Waals surface area contributed by atoms with Crippen molar-refractivity contribution in [3.63, 3.8) is 0 Å². The van der Waals surface area contributed by atoms with E-state index >= 15 is 0 Å². The molecule has 3 aromatic heterocycles. The zero-order chi connectivity index (χ0) is 29.4. The van der Waals surface area contributed by atoms with E-state index in [1.165, 1.54) is 60.0 Å². The largest absolute Gasteiger partial charge is 3.00 e. The molecule has 2 aliphatic rings. The average Bonchev–Trinajstić information content (AvgIpc) is 3.67. The van der Waals surface area contributed by atoms with Crippen molar-refractivity contribution in [1.29, 1.82) is 0 Å². The Labute approximate surface area is 274 Å². The first-order valence-corrected chi connectivity index (χ1v) is 14.8. The Morgan fingerprint density at radius 3 is 2.42 bits per heavy atom. The molecule has 2 aliphatic heterocycles. The molecular formula is C39H27IrN5+. The molecule has 0 bridgehead atoms. The summed E-state index contributed by atoms with van der Waals surface area (Å²) >= 11 is 0. The van der Waals surface area contributed by atoms with Crippen molar-refractivity contribution in [1.82, 2.24) is 14.5 Å². The van der Waals surface area contributed by atoms with Crippen LogP contribution in [0.25, 0.3) is 71.1 Å². The molecule has 0 saturated carbocycles. The number of nitrogens with zero attached hydrogens (tertiary/aromatic N) is 5. The maximum Gasteiger partial charge on any atom is 3.00 e. The van der Waals surface area contributed by atoms with Gasteiger partial charge >= 0.3 is 20.1 Å². The van der Waals surface area contributed by atoms with E-state index in [0.29, 0.717) is 0 Å². The van der Waals surface area contributed by atoms with E-state index in [1.807, 2.05) is 37.6 Å². The number of benzene rings is 5. The van der Waals surface area contributed by atoms with Crippen LogP contribution in [0.4, 0.5) is 0 Å². The smallest absolute Gasteiger partial charge is 0.504 e. The van der Waals surface area contributed by atoms with Gasteiger partial charge in [0.25, 0.3) is 0 Å². The minimum Gasteiger partial charge on any atom is -0.504 e. The Balaban J connectivity index is 0.000000139. The van der Waals surface area contributed by atoms with Crippen molar-refractivity contribution in [3.05, 3.63) is 146 Å². The van der Waals surface area contributed by atoms with Crippen LogP contribution in [0, 0.1) is 18.9 Å². The summed E-state index contributed by atoms with van der Waals surface area (Å²) in [5.41, 5.74) is 7.08. The SMILES string of the molecule is CN1C=C2c3ccccc3-c3ccc[c-][n+]3N2[CH-]1.Cn1c[c-]c2c3ncccc3c3c4ccc5ccccc5c4ccc3c21.[Ir+3]. The van der Waals surface area contributed by atoms with Gasteiger partial charge in [0.15, 0.2) is 0 Å². The van der Waals surface area contributed by atoms with Crippen LogP contribution in [0.2, 0.25) is 0 Å². The molecule has 6 heteroatoms. The summed E-state index contributed by atoms with van der Waals surface area (Å²) in [6.07, 6.45) is 9.27. The fourth-order valence-corrected chi connectivity index (χ4v) is 6.94. The Kier molecular flexibility index (Phi) is 6.45. The van der Waals surface area contributed by atoms with Gasteiger partial charge in [-0.1, -0.05) is 109 Å². The first-order valence-electron chi connectivity index (χ1n) is 14.8. The predicted molar refractivity (Wildman–Crippen MR) is 179 cm³/mol. The normalized spacial score (nSPS) is 13.3. The zero-order valence-corrected chi connectivity index (χ0v) is 27.1. The van der Waals surface area contributed by atoms with Crippen molar-refractivity contribution in [2.24, 2.45) is 7.05 Å². The van der Waals surface area contributed by atoms with Crippen molar-refractivity contribution in [2.75, 3.05) is 12.1 Å². The summed E-state index contributed by atoms with van der Waals surface area (Å²) in [5, 5.41) is 12.1. The van der Waals surface area contributed by atoms with Crippen LogP contribution in [-0.4, -0.2) is 21.5 Å². The van der Waals surface area contributed by atoms with Gasteiger partial charge in [0.1, 0.15) is 11.9 Å². The molecule has 8 aromatic rings. The van der Waals surface area contributed by atoms with E-state index in [2.05, 4.69) is 136 Å². The summed E-state index contributed by atoms with van der Waals surface area (Å²) in [7, 11) is 4.12. The maximum atomic E-state index is 4.70. The number of aryl methyl sites for hydroxylation is 1. The molecule has 5 aromatic carbocycles. The Morgan fingerprint density at radius 1 is 0.733 bits per heavy atom. The molecule has 5 heterocycles. The van der Waals surface area contributed by atoms with Crippen LogP contribution in [0.15, 0.2) is 122 Å². The molecule has 0 radical (unpaired) electrons. The third kappa shape index (κ3) is 4.10. The molecule has 5 nitrogen and oxygen atoms in total. The third-order valence-electron chi connectivity index (χ3n) is 8.82. The maximum absolute atomic E-state index is 4.70. The van der Waals surface area contributed by atoms with Crippen LogP contribution in [0.1, 0.15) is 5.56 Å². The minimum atomic E-state index is 0. The van der Waals surface area contributed by atoms with Gasteiger partial charge in [-0.25, -0.2) is 4.68 Å². The number of fused-ring (bicyclic) bond motifs is 16. The predicted octanol–water partition coefficient (Wildman–Crippen LogP) is 7.74. The quantitative estimate of drug-likeness (QED) is 0.0901. The third-order valence-corrected chi connectivity index (χ3v) is 8.82. The second kappa shape index (κ2) is 10.6. The van der Waals surface area contributed by atoms with E-state index in [9.17, 15) is 0 Å². The topological polar surface area (TPSA) is 28.2 Å². The van der Waals surface area contributed by atoms with E-state index in [-0.39, 0.29) is 20.1 Å². The van der Waals surface area contributed by atoms with Crippen molar-refractivity contribution >= 4 is 59.8 Å². The standard InChI is InChI=1S/C24H15N2.C15H12N3.Ir/c1-26-14-12-21-23-19(7-4-13-25-23)22-18-9-8-15-5-2-3-6-16(15)17(18)10-11-20(22)24(21)26;1-16-10-15-13-7-3-2-6-12(13)14-8-4-5-9-17(14)18(15)11-16;/h2-11,13-14H,1H3;2-8,10-11H,1H3;/q2*-1;+3. The Hall–Kier alpha value is -5.03. The van der Waals surface area contributed by atoms with Crippen molar-refractivity contribution < 1.29 is 24.8 Å². The van der Waals surface area contributed by atoms with Crippen LogP contribution < -0.4 is 9.69 Å². The summed E-state index contributed by atoms with van der Waals surface area (Å²) in [5.74, 6) is 0. The van der Waals surface area contributed by atoms with Crippen molar-refractivity contribution in [2.45, 2.75) is 0 Å². The molecule has 0 saturated heterocycles. The van der Waals surface area contributed by atoms with Gasteiger partial charge in [0, 0.05) is 17.3 Å². The summed E-state index contributed by atoms with van der Waals surface area (Å²) < 4.78 is 4.20. The molecule has 10 rings (SSSR count). The minimum absolute atomic E-state index is 0. The molecule has 0 spiro atoms. The molecule has 216 valence electrons. The fourth-order valence-electron chi connectivity index (χ4n) is 6.94. The number of rotatable bonds is 0. The van der Waals surface area contributed by atoms with Crippen LogP contribution >= 0.6 is 0 Å². The van der Waals surface area contributed by atoms with Gasteiger partial charge in [-0.2, -0.15) is 12.1 Å². The van der Waals surface area contributed by atoms with E-state index < -0.39 is 0 Å². The van der Waals surface area contributed by atoms with Gasteiger partial charge in [0.2, 0.25) is 0 Å². The molecular weight excluding hydrogens is 731 g/mol. The summed E-state index contributed by atoms with van der Waals surface area (Å²) in [4.78, 5) is 6.76. The molecule has 0 unspecified atom stereocenters. The van der Waals surface area contributed by atoms with Gasteiger partial charge in [-0.15, -0.1) is 11.5 Å². The second-order valence-electron chi connectivity index (χ2n) is 11.4. The van der Waals surface area contributed by atoms with Gasteiger partial charge in [-0.3, -0.25) is 5.01 Å². The number of hydrogen-bond donors (Lipinski definition) is 0. The van der Waals surface area contributed by atoms with Gasteiger partial charge in [-0.05, 0) is 64.2 Å². The molecule has 0 aliphatic carbocycles. The molecule has 0 atom stereocenters. The summed E-state index contributed by atoms with van der Waals surface area (Å²) in [6, 6.07) is 39.7. The van der Waals surface area contributed by atoms with Crippen LogP contribution in [0.3, 0.4) is 0 Å². The van der Waals surface area contributed by atoms with Gasteiger partial charge < -0.3 is 14.5 Å². The first-order chi connectivity index (χ1) is 21.7. The van der Waals surface area contributed by atoms with Crippen molar-refractivity contribution in [3.8, 4) is 11.3 Å². The molecule has 0 fully saturated rings. The zero-order valence-electron chi connectivity index (χ0n) is 24.7. The Morgan fingerprint density at radius 2 is 1.51 bits per heavy atom. The second-order valence-corrected chi connectivity index (χ2v) is 11.4. The molecule has 45 heavy (non-hydrogen) atoms.